The zero-order valence-electron chi connectivity index (χ0n) is 12.6. The normalized spacial score (nSPS) is 13.4. The van der Waals surface area contributed by atoms with E-state index < -0.39 is 0 Å². The number of rotatable bonds is 5. The van der Waals surface area contributed by atoms with E-state index in [-0.39, 0.29) is 5.41 Å². The van der Waals surface area contributed by atoms with E-state index in [1.165, 1.54) is 5.56 Å². The Labute approximate surface area is 143 Å². The van der Waals surface area contributed by atoms with Crippen molar-refractivity contribution in [3.05, 3.63) is 56.9 Å². The molecular formula is C17H21Br2NO. The highest BCUT2D eigenvalue weighted by atomic mass is 79.9. The van der Waals surface area contributed by atoms with Gasteiger partial charge in [0, 0.05) is 6.04 Å². The summed E-state index contributed by atoms with van der Waals surface area (Å²) in [5, 5.41) is 3.61. The zero-order chi connectivity index (χ0) is 15.5. The van der Waals surface area contributed by atoms with Crippen molar-refractivity contribution >= 4 is 31.9 Å². The largest absolute Gasteiger partial charge is 0.452 e. The Balaban J connectivity index is 2.09. The summed E-state index contributed by atoms with van der Waals surface area (Å²) in [6, 6.07) is 12.9. The third-order valence-electron chi connectivity index (χ3n) is 3.24. The number of furan rings is 1. The number of hydrogen-bond donors (Lipinski definition) is 1. The molecule has 1 heterocycles. The van der Waals surface area contributed by atoms with Crippen molar-refractivity contribution < 1.29 is 4.42 Å². The second kappa shape index (κ2) is 7.12. The molecule has 0 amide bonds. The van der Waals surface area contributed by atoms with Gasteiger partial charge >= 0.3 is 0 Å². The summed E-state index contributed by atoms with van der Waals surface area (Å²) in [5.41, 5.74) is 1.58. The molecule has 0 aliphatic carbocycles. The summed E-state index contributed by atoms with van der Waals surface area (Å²) in [6.45, 7) is 7.51. The Bertz CT molecular complexity index is 553. The lowest BCUT2D eigenvalue weighted by Gasteiger charge is -2.27. The maximum atomic E-state index is 5.64. The molecule has 0 radical (unpaired) electrons. The van der Waals surface area contributed by atoms with E-state index in [1.807, 2.05) is 6.07 Å². The highest BCUT2D eigenvalue weighted by Crippen LogP contribution is 2.31. The lowest BCUT2D eigenvalue weighted by Crippen LogP contribution is -2.25. The van der Waals surface area contributed by atoms with Crippen LogP contribution in [-0.4, -0.2) is 0 Å². The van der Waals surface area contributed by atoms with Crippen LogP contribution in [0.4, 0.5) is 0 Å². The third kappa shape index (κ3) is 5.28. The van der Waals surface area contributed by atoms with Crippen molar-refractivity contribution in [2.45, 2.75) is 39.8 Å². The standard InChI is InChI=1S/C17H21Br2NO/c1-17(2,3)10-15(12-7-5-4-6-8-12)20-11-13-9-14(18)16(19)21-13/h4-9,15,20H,10-11H2,1-3H3. The van der Waals surface area contributed by atoms with Crippen LogP contribution in [0.25, 0.3) is 0 Å². The minimum Gasteiger partial charge on any atom is -0.452 e. The van der Waals surface area contributed by atoms with Gasteiger partial charge in [0.15, 0.2) is 4.67 Å². The topological polar surface area (TPSA) is 25.2 Å². The molecule has 0 aliphatic rings. The predicted octanol–water partition coefficient (Wildman–Crippen LogP) is 6.07. The second-order valence-corrected chi connectivity index (χ2v) is 8.02. The number of benzene rings is 1. The Kier molecular flexibility index (Phi) is 5.69. The van der Waals surface area contributed by atoms with Gasteiger partial charge in [-0.2, -0.15) is 0 Å². The van der Waals surface area contributed by atoms with Crippen molar-refractivity contribution in [2.75, 3.05) is 0 Å². The molecule has 1 unspecified atom stereocenters. The van der Waals surface area contributed by atoms with Gasteiger partial charge in [0.1, 0.15) is 5.76 Å². The van der Waals surface area contributed by atoms with Crippen molar-refractivity contribution in [3.8, 4) is 0 Å². The van der Waals surface area contributed by atoms with Gasteiger partial charge in [-0.05, 0) is 55.3 Å². The van der Waals surface area contributed by atoms with Crippen LogP contribution in [0.1, 0.15) is 44.6 Å². The summed E-state index contributed by atoms with van der Waals surface area (Å²) in [5.74, 6) is 0.920. The average molecular weight is 415 g/mol. The SMILES string of the molecule is CC(C)(C)CC(NCc1cc(Br)c(Br)o1)c1ccccc1. The predicted molar refractivity (Wildman–Crippen MR) is 94.2 cm³/mol. The van der Waals surface area contributed by atoms with Gasteiger partial charge in [-0.1, -0.05) is 51.1 Å². The molecule has 1 N–H and O–H groups in total. The molecule has 0 saturated heterocycles. The van der Waals surface area contributed by atoms with Gasteiger partial charge in [-0.25, -0.2) is 0 Å². The minimum absolute atomic E-state index is 0.262. The van der Waals surface area contributed by atoms with Crippen molar-refractivity contribution in [3.63, 3.8) is 0 Å². The summed E-state index contributed by atoms with van der Waals surface area (Å²) in [7, 11) is 0. The van der Waals surface area contributed by atoms with Crippen LogP contribution in [0.2, 0.25) is 0 Å². The van der Waals surface area contributed by atoms with E-state index in [1.54, 1.807) is 0 Å². The first-order valence-corrected chi connectivity index (χ1v) is 8.66. The average Bonchev–Trinajstić information content (AvgIpc) is 2.73. The van der Waals surface area contributed by atoms with Gasteiger partial charge in [-0.3, -0.25) is 0 Å². The summed E-state index contributed by atoms with van der Waals surface area (Å²) in [4.78, 5) is 0. The fourth-order valence-corrected chi connectivity index (χ4v) is 2.97. The minimum atomic E-state index is 0.262. The fourth-order valence-electron chi connectivity index (χ4n) is 2.31. The maximum Gasteiger partial charge on any atom is 0.183 e. The van der Waals surface area contributed by atoms with Crippen LogP contribution >= 0.6 is 31.9 Å². The molecular weight excluding hydrogens is 394 g/mol. The van der Waals surface area contributed by atoms with Gasteiger partial charge in [0.25, 0.3) is 0 Å². The smallest absolute Gasteiger partial charge is 0.183 e. The quantitative estimate of drug-likeness (QED) is 0.641. The van der Waals surface area contributed by atoms with Gasteiger partial charge in [0.05, 0.1) is 11.0 Å². The highest BCUT2D eigenvalue weighted by molar-refractivity contribution is 9.13. The van der Waals surface area contributed by atoms with Crippen LogP contribution in [-0.2, 0) is 6.54 Å². The Hall–Kier alpha value is -0.580. The summed E-state index contributed by atoms with van der Waals surface area (Å²) < 4.78 is 7.33. The zero-order valence-corrected chi connectivity index (χ0v) is 15.8. The molecule has 0 fully saturated rings. The molecule has 114 valence electrons. The molecule has 0 bridgehead atoms. The molecule has 1 atom stereocenters. The van der Waals surface area contributed by atoms with E-state index in [0.29, 0.717) is 12.6 Å². The maximum absolute atomic E-state index is 5.64. The first-order valence-electron chi connectivity index (χ1n) is 7.07. The Morgan fingerprint density at radius 3 is 2.33 bits per heavy atom. The monoisotopic (exact) mass is 413 g/mol. The van der Waals surface area contributed by atoms with Crippen LogP contribution in [0, 0.1) is 5.41 Å². The fraction of sp³-hybridized carbons (Fsp3) is 0.412. The van der Waals surface area contributed by atoms with Crippen LogP contribution in [0.15, 0.2) is 50.0 Å². The van der Waals surface area contributed by atoms with E-state index in [0.717, 1.165) is 21.3 Å². The van der Waals surface area contributed by atoms with Gasteiger partial charge in [0.2, 0.25) is 0 Å². The molecule has 0 spiro atoms. The molecule has 1 aromatic carbocycles. The lowest BCUT2D eigenvalue weighted by atomic mass is 9.85. The number of hydrogen-bond acceptors (Lipinski definition) is 2. The molecule has 1 aromatic heterocycles. The van der Waals surface area contributed by atoms with E-state index in [4.69, 9.17) is 4.42 Å². The van der Waals surface area contributed by atoms with Crippen LogP contribution in [0.5, 0.6) is 0 Å². The van der Waals surface area contributed by atoms with E-state index in [2.05, 4.69) is 88.3 Å². The first kappa shape index (κ1) is 16.8. The Morgan fingerprint density at radius 2 is 1.81 bits per heavy atom. The van der Waals surface area contributed by atoms with E-state index >= 15 is 0 Å². The second-order valence-electron chi connectivity index (χ2n) is 6.44. The highest BCUT2D eigenvalue weighted by Gasteiger charge is 2.20. The molecule has 21 heavy (non-hydrogen) atoms. The number of halogens is 2. The Morgan fingerprint density at radius 1 is 1.14 bits per heavy atom. The number of nitrogens with one attached hydrogen (secondary N) is 1. The molecule has 0 saturated carbocycles. The molecule has 2 rings (SSSR count). The van der Waals surface area contributed by atoms with E-state index in [9.17, 15) is 0 Å². The molecule has 2 aromatic rings. The van der Waals surface area contributed by atoms with Gasteiger partial charge in [-0.15, -0.1) is 0 Å². The van der Waals surface area contributed by atoms with Crippen LogP contribution in [0.3, 0.4) is 0 Å². The molecule has 2 nitrogen and oxygen atoms in total. The molecule has 4 heteroatoms. The summed E-state index contributed by atoms with van der Waals surface area (Å²) >= 11 is 6.82. The van der Waals surface area contributed by atoms with Crippen molar-refractivity contribution in [1.82, 2.24) is 5.32 Å². The first-order chi connectivity index (χ1) is 9.85. The van der Waals surface area contributed by atoms with Crippen molar-refractivity contribution in [2.24, 2.45) is 5.41 Å². The van der Waals surface area contributed by atoms with Crippen LogP contribution < -0.4 is 5.32 Å². The van der Waals surface area contributed by atoms with Crippen molar-refractivity contribution in [1.29, 1.82) is 0 Å². The molecule has 0 aliphatic heterocycles. The summed E-state index contributed by atoms with van der Waals surface area (Å²) in [6.07, 6.45) is 1.07. The van der Waals surface area contributed by atoms with Gasteiger partial charge < -0.3 is 9.73 Å². The third-order valence-corrected chi connectivity index (χ3v) is 4.95. The lowest BCUT2D eigenvalue weighted by molar-refractivity contribution is 0.303.